The molecule has 0 fully saturated rings. The monoisotopic (exact) mass is 354 g/mol. The van der Waals surface area contributed by atoms with Crippen molar-refractivity contribution in [2.75, 3.05) is 0 Å². The molecule has 1 N–H and O–H groups in total. The van der Waals surface area contributed by atoms with E-state index in [9.17, 15) is 4.79 Å². The van der Waals surface area contributed by atoms with Crippen LogP contribution in [0.25, 0.3) is 0 Å². The van der Waals surface area contributed by atoms with Gasteiger partial charge in [0.2, 0.25) is 0 Å². The predicted octanol–water partition coefficient (Wildman–Crippen LogP) is 3.11. The summed E-state index contributed by atoms with van der Waals surface area (Å²) in [7, 11) is 0. The number of hydrogen-bond acceptors (Lipinski definition) is 2. The zero-order chi connectivity index (χ0) is 13.6. The van der Waals surface area contributed by atoms with Crippen molar-refractivity contribution in [3.05, 3.63) is 35.9 Å². The molecule has 1 aromatic rings. The van der Waals surface area contributed by atoms with Crippen LogP contribution >= 0.6 is 0 Å². The molecule has 0 saturated carbocycles. The van der Waals surface area contributed by atoms with Crippen LogP contribution in [0.15, 0.2) is 35.4 Å². The molecule has 0 spiro atoms. The molecule has 1 atom stereocenters. The Bertz CT molecular complexity index is 410. The van der Waals surface area contributed by atoms with Crippen molar-refractivity contribution in [3.63, 3.8) is 0 Å². The van der Waals surface area contributed by atoms with E-state index in [2.05, 4.69) is 25.3 Å². The van der Waals surface area contributed by atoms with Gasteiger partial charge < -0.3 is 0 Å². The third-order valence-corrected chi connectivity index (χ3v) is 7.80. The molecule has 1 aromatic carbocycles. The van der Waals surface area contributed by atoms with E-state index in [4.69, 9.17) is 0 Å². The van der Waals surface area contributed by atoms with Gasteiger partial charge in [-0.1, -0.05) is 0 Å². The minimum absolute atomic E-state index is 0.0220. The molecule has 18 heavy (non-hydrogen) atoms. The van der Waals surface area contributed by atoms with Crippen molar-refractivity contribution < 1.29 is 4.79 Å². The van der Waals surface area contributed by atoms with Crippen molar-refractivity contribution in [1.82, 2.24) is 5.43 Å². The van der Waals surface area contributed by atoms with E-state index in [1.54, 1.807) is 6.21 Å². The van der Waals surface area contributed by atoms with Crippen molar-refractivity contribution in [2.24, 2.45) is 11.0 Å². The van der Waals surface area contributed by atoms with E-state index in [-0.39, 0.29) is 11.8 Å². The Kier molecular flexibility index (Phi) is 5.85. The van der Waals surface area contributed by atoms with E-state index >= 15 is 0 Å². The summed E-state index contributed by atoms with van der Waals surface area (Å²) < 4.78 is 1.06. The number of hydrazone groups is 1. The molecule has 0 radical (unpaired) electrons. The van der Waals surface area contributed by atoms with Crippen LogP contribution in [-0.4, -0.2) is 30.5 Å². The number of carbonyl (C=O) groups excluding carboxylic acids is 1. The van der Waals surface area contributed by atoms with Crippen LogP contribution < -0.4 is 5.43 Å². The van der Waals surface area contributed by atoms with E-state index in [1.807, 2.05) is 37.3 Å². The topological polar surface area (TPSA) is 41.5 Å². The SMILES string of the molecule is CC([CH2][Sn]([CH3])([CH3])[CH3])C(=O)NN=Cc1ccccc1. The molecular formula is C14H22N2OSn. The number of nitrogens with one attached hydrogen (secondary N) is 1. The van der Waals surface area contributed by atoms with E-state index in [0.717, 1.165) is 10.0 Å². The van der Waals surface area contributed by atoms with Crippen LogP contribution in [0.2, 0.25) is 19.3 Å². The Hall–Kier alpha value is -0.841. The molecule has 1 rings (SSSR count). The molecule has 0 heterocycles. The van der Waals surface area contributed by atoms with Gasteiger partial charge in [0.25, 0.3) is 0 Å². The van der Waals surface area contributed by atoms with E-state index in [1.165, 1.54) is 0 Å². The Labute approximate surface area is 114 Å². The van der Waals surface area contributed by atoms with E-state index < -0.39 is 18.4 Å². The summed E-state index contributed by atoms with van der Waals surface area (Å²) in [6.07, 6.45) is 1.67. The first-order valence-electron chi connectivity index (χ1n) is 6.26. The van der Waals surface area contributed by atoms with Gasteiger partial charge in [0.15, 0.2) is 0 Å². The standard InChI is InChI=1S/C11H13N2O.3CH3.Sn/c1-9(2)11(14)13-12-8-10-6-4-3-5-7-10;;;;/h3-9H,1H2,2H3,(H,13,14);3*1H3;. The molecule has 0 aliphatic heterocycles. The second kappa shape index (κ2) is 6.92. The number of benzene rings is 1. The maximum atomic E-state index is 11.8. The fraction of sp³-hybridized carbons (Fsp3) is 0.429. The first kappa shape index (κ1) is 15.2. The van der Waals surface area contributed by atoms with Gasteiger partial charge in [0.1, 0.15) is 0 Å². The summed E-state index contributed by atoms with van der Waals surface area (Å²) in [5, 5.41) is 3.99. The van der Waals surface area contributed by atoms with Gasteiger partial charge in [-0.15, -0.1) is 0 Å². The molecular weight excluding hydrogens is 331 g/mol. The fourth-order valence-electron chi connectivity index (χ4n) is 1.83. The number of rotatable bonds is 5. The van der Waals surface area contributed by atoms with Crippen molar-refractivity contribution >= 4 is 30.5 Å². The van der Waals surface area contributed by atoms with Crippen LogP contribution in [0, 0.1) is 5.92 Å². The summed E-state index contributed by atoms with van der Waals surface area (Å²) in [5.41, 5.74) is 3.60. The number of nitrogens with zero attached hydrogens (tertiary/aromatic N) is 1. The number of carbonyl (C=O) groups is 1. The van der Waals surface area contributed by atoms with Gasteiger partial charge >= 0.3 is 114 Å². The van der Waals surface area contributed by atoms with Gasteiger partial charge in [-0.3, -0.25) is 0 Å². The third-order valence-electron chi connectivity index (χ3n) is 2.55. The first-order valence-corrected chi connectivity index (χ1v) is 16.8. The average molecular weight is 353 g/mol. The predicted molar refractivity (Wildman–Crippen MR) is 79.5 cm³/mol. The second-order valence-corrected chi connectivity index (χ2v) is 21.6. The molecule has 3 nitrogen and oxygen atoms in total. The van der Waals surface area contributed by atoms with E-state index in [0.29, 0.717) is 0 Å². The Morgan fingerprint density at radius 2 is 1.94 bits per heavy atom. The molecule has 0 bridgehead atoms. The maximum absolute atomic E-state index is 11.8. The van der Waals surface area contributed by atoms with Crippen molar-refractivity contribution in [2.45, 2.75) is 26.2 Å². The van der Waals surface area contributed by atoms with Crippen molar-refractivity contribution in [3.8, 4) is 0 Å². The molecule has 4 heteroatoms. The molecule has 1 amide bonds. The molecule has 1 unspecified atom stereocenters. The van der Waals surface area contributed by atoms with Crippen LogP contribution in [0.1, 0.15) is 12.5 Å². The average Bonchev–Trinajstić information content (AvgIpc) is 2.28. The Morgan fingerprint density at radius 3 is 2.50 bits per heavy atom. The summed E-state index contributed by atoms with van der Waals surface area (Å²) in [4.78, 5) is 18.8. The Morgan fingerprint density at radius 1 is 1.33 bits per heavy atom. The molecule has 0 aliphatic rings. The molecule has 0 aromatic heterocycles. The second-order valence-electron chi connectivity index (χ2n) is 5.81. The zero-order valence-electron chi connectivity index (χ0n) is 11.6. The van der Waals surface area contributed by atoms with Gasteiger partial charge in [-0.05, 0) is 0 Å². The quantitative estimate of drug-likeness (QED) is 0.493. The summed E-state index contributed by atoms with van der Waals surface area (Å²) in [5.74, 6) is 0.0857. The fourth-order valence-corrected chi connectivity index (χ4v) is 7.60. The molecule has 0 saturated heterocycles. The van der Waals surface area contributed by atoms with Gasteiger partial charge in [0, 0.05) is 0 Å². The van der Waals surface area contributed by atoms with Gasteiger partial charge in [-0.25, -0.2) is 0 Å². The molecule has 0 aliphatic carbocycles. The van der Waals surface area contributed by atoms with Crippen LogP contribution in [0.4, 0.5) is 0 Å². The van der Waals surface area contributed by atoms with Crippen LogP contribution in [-0.2, 0) is 4.79 Å². The summed E-state index contributed by atoms with van der Waals surface area (Å²) in [6.45, 7) is 1.98. The zero-order valence-corrected chi connectivity index (χ0v) is 14.5. The number of amides is 1. The van der Waals surface area contributed by atoms with Crippen molar-refractivity contribution in [1.29, 1.82) is 0 Å². The normalized spacial score (nSPS) is 13.6. The summed E-state index contributed by atoms with van der Waals surface area (Å²) in [6, 6.07) is 9.74. The minimum atomic E-state index is -1.89. The van der Waals surface area contributed by atoms with Gasteiger partial charge in [0.05, 0.1) is 0 Å². The first-order chi connectivity index (χ1) is 8.38. The molecule has 98 valence electrons. The van der Waals surface area contributed by atoms with Gasteiger partial charge in [-0.2, -0.15) is 0 Å². The van der Waals surface area contributed by atoms with Crippen LogP contribution in [0.5, 0.6) is 0 Å². The third kappa shape index (κ3) is 6.19. The van der Waals surface area contributed by atoms with Crippen LogP contribution in [0.3, 0.4) is 0 Å². The Balaban J connectivity index is 2.44. The number of hydrogen-bond donors (Lipinski definition) is 1. The summed E-state index contributed by atoms with van der Waals surface area (Å²) >= 11 is -1.89.